The van der Waals surface area contributed by atoms with E-state index in [9.17, 15) is 9.59 Å². The summed E-state index contributed by atoms with van der Waals surface area (Å²) in [6.07, 6.45) is 4.30. The van der Waals surface area contributed by atoms with E-state index in [-0.39, 0.29) is 24.4 Å². The van der Waals surface area contributed by atoms with Crippen LogP contribution in [0.4, 0.5) is 0 Å². The van der Waals surface area contributed by atoms with Crippen LogP contribution >= 0.6 is 15.9 Å². The van der Waals surface area contributed by atoms with E-state index in [2.05, 4.69) is 15.9 Å². The van der Waals surface area contributed by atoms with Gasteiger partial charge >= 0.3 is 0 Å². The Morgan fingerprint density at radius 2 is 1.94 bits per heavy atom. The number of hydrogen-bond acceptors (Lipinski definition) is 3. The summed E-state index contributed by atoms with van der Waals surface area (Å²) < 4.78 is 8.30. The summed E-state index contributed by atoms with van der Waals surface area (Å²) in [7, 11) is 1.95. The summed E-state index contributed by atoms with van der Waals surface area (Å²) >= 11 is 3.42. The molecule has 0 N–H and O–H groups in total. The summed E-state index contributed by atoms with van der Waals surface area (Å²) in [5, 5.41) is 0. The van der Waals surface area contributed by atoms with Crippen LogP contribution in [-0.2, 0) is 24.9 Å². The number of carbonyl (C=O) groups is 2. The topological polar surface area (TPSA) is 58.7 Å². The quantitative estimate of drug-likeness (QED) is 0.435. The molecule has 1 aromatic carbocycles. The monoisotopic (exact) mass is 485 g/mol. The van der Waals surface area contributed by atoms with Crippen molar-refractivity contribution >= 4 is 27.7 Å². The number of nitrogens with zero attached hydrogens (tertiary/aromatic N) is 3. The summed E-state index contributed by atoms with van der Waals surface area (Å²) in [5.41, 5.74) is 1.57. The molecule has 3 rings (SSSR count). The lowest BCUT2D eigenvalue weighted by Gasteiger charge is -2.31. The number of furan rings is 1. The van der Waals surface area contributed by atoms with E-state index in [1.807, 2.05) is 68.1 Å². The molecule has 3 aromatic rings. The molecule has 0 saturated carbocycles. The van der Waals surface area contributed by atoms with Crippen molar-refractivity contribution in [1.82, 2.24) is 14.4 Å². The standard InChI is InChI=1S/C24H28BrN3O3/c1-4-18(2)28(24(30)19-8-5-9-20(25)14-19)17-23(29)27(16-22-11-7-13-31-22)15-21-10-6-12-26(21)3/h5-14,18H,4,15-17H2,1-3H3. The van der Waals surface area contributed by atoms with Crippen molar-refractivity contribution in [2.75, 3.05) is 6.54 Å². The summed E-state index contributed by atoms with van der Waals surface area (Å²) in [6, 6.07) is 14.8. The van der Waals surface area contributed by atoms with Gasteiger partial charge in [-0.15, -0.1) is 0 Å². The molecule has 2 aromatic heterocycles. The molecule has 0 aliphatic carbocycles. The molecule has 6 nitrogen and oxygen atoms in total. The van der Waals surface area contributed by atoms with Crippen LogP contribution in [0.25, 0.3) is 0 Å². The average molecular weight is 486 g/mol. The Balaban J connectivity index is 1.83. The van der Waals surface area contributed by atoms with Crippen LogP contribution in [0.3, 0.4) is 0 Å². The van der Waals surface area contributed by atoms with E-state index < -0.39 is 0 Å². The predicted octanol–water partition coefficient (Wildman–Crippen LogP) is 4.85. The second-order valence-corrected chi connectivity index (χ2v) is 8.56. The first-order valence-electron chi connectivity index (χ1n) is 10.4. The maximum absolute atomic E-state index is 13.4. The van der Waals surface area contributed by atoms with Crippen LogP contribution in [0.1, 0.15) is 42.1 Å². The van der Waals surface area contributed by atoms with Gasteiger partial charge in [-0.3, -0.25) is 9.59 Å². The zero-order chi connectivity index (χ0) is 22.4. The van der Waals surface area contributed by atoms with Gasteiger partial charge in [-0.25, -0.2) is 0 Å². The molecule has 0 fully saturated rings. The molecule has 0 aliphatic rings. The maximum Gasteiger partial charge on any atom is 0.254 e. The fourth-order valence-corrected chi connectivity index (χ4v) is 3.76. The third kappa shape index (κ3) is 5.88. The molecule has 2 heterocycles. The molecule has 2 amide bonds. The lowest BCUT2D eigenvalue weighted by atomic mass is 10.1. The van der Waals surface area contributed by atoms with E-state index in [0.29, 0.717) is 24.4 Å². The Morgan fingerprint density at radius 3 is 2.55 bits per heavy atom. The summed E-state index contributed by atoms with van der Waals surface area (Å²) in [5.74, 6) is 0.429. The number of aryl methyl sites for hydroxylation is 1. The van der Waals surface area contributed by atoms with Crippen LogP contribution in [0.5, 0.6) is 0 Å². The first-order valence-corrected chi connectivity index (χ1v) is 11.1. The highest BCUT2D eigenvalue weighted by atomic mass is 79.9. The van der Waals surface area contributed by atoms with Crippen LogP contribution in [0, 0.1) is 0 Å². The zero-order valence-electron chi connectivity index (χ0n) is 18.1. The van der Waals surface area contributed by atoms with E-state index in [1.165, 1.54) is 0 Å². The van der Waals surface area contributed by atoms with Crippen molar-refractivity contribution in [1.29, 1.82) is 0 Å². The van der Waals surface area contributed by atoms with E-state index >= 15 is 0 Å². The third-order valence-corrected chi connectivity index (χ3v) is 5.94. The number of carbonyl (C=O) groups excluding carboxylic acids is 2. The molecule has 0 saturated heterocycles. The van der Waals surface area contributed by atoms with Gasteiger partial charge in [0.15, 0.2) is 0 Å². The average Bonchev–Trinajstić information content (AvgIpc) is 3.42. The van der Waals surface area contributed by atoms with E-state index in [1.54, 1.807) is 28.2 Å². The number of aromatic nitrogens is 1. The van der Waals surface area contributed by atoms with Crippen molar-refractivity contribution in [2.24, 2.45) is 7.05 Å². The van der Waals surface area contributed by atoms with Crippen LogP contribution in [0.15, 0.2) is 69.9 Å². The lowest BCUT2D eigenvalue weighted by molar-refractivity contribution is -0.134. The van der Waals surface area contributed by atoms with Gasteiger partial charge in [0.2, 0.25) is 5.91 Å². The SMILES string of the molecule is CCC(C)N(CC(=O)N(Cc1ccco1)Cc1cccn1C)C(=O)c1cccc(Br)c1. The van der Waals surface area contributed by atoms with Crippen LogP contribution < -0.4 is 0 Å². The van der Waals surface area contributed by atoms with Gasteiger partial charge in [-0.05, 0) is 55.8 Å². The van der Waals surface area contributed by atoms with Crippen molar-refractivity contribution in [3.8, 4) is 0 Å². The third-order valence-electron chi connectivity index (χ3n) is 5.44. The second-order valence-electron chi connectivity index (χ2n) is 7.64. The normalized spacial score (nSPS) is 11.9. The fraction of sp³-hybridized carbons (Fsp3) is 0.333. The lowest BCUT2D eigenvalue weighted by Crippen LogP contribution is -2.46. The number of rotatable bonds is 9. The van der Waals surface area contributed by atoms with Gasteiger partial charge in [0.25, 0.3) is 5.91 Å². The molecular weight excluding hydrogens is 458 g/mol. The molecular formula is C24H28BrN3O3. The summed E-state index contributed by atoms with van der Waals surface area (Å²) in [4.78, 5) is 30.1. The van der Waals surface area contributed by atoms with Crippen LogP contribution in [-0.4, -0.2) is 38.8 Å². The van der Waals surface area contributed by atoms with Gasteiger partial charge in [-0.1, -0.05) is 28.9 Å². The number of halogens is 1. The number of benzene rings is 1. The summed E-state index contributed by atoms with van der Waals surface area (Å²) in [6.45, 7) is 4.77. The minimum absolute atomic E-state index is 0.00544. The number of amides is 2. The molecule has 0 aliphatic heterocycles. The Bertz CT molecular complexity index is 1010. The molecule has 1 unspecified atom stereocenters. The Hall–Kier alpha value is -2.80. The predicted molar refractivity (Wildman–Crippen MR) is 123 cm³/mol. The molecule has 7 heteroatoms. The second kappa shape index (κ2) is 10.5. The van der Waals surface area contributed by atoms with Crippen molar-refractivity contribution < 1.29 is 14.0 Å². The maximum atomic E-state index is 13.4. The molecule has 0 spiro atoms. The van der Waals surface area contributed by atoms with E-state index in [4.69, 9.17) is 4.42 Å². The molecule has 0 bridgehead atoms. The largest absolute Gasteiger partial charge is 0.467 e. The molecule has 164 valence electrons. The van der Waals surface area contributed by atoms with Gasteiger partial charge in [0.05, 0.1) is 19.4 Å². The molecule has 31 heavy (non-hydrogen) atoms. The fourth-order valence-electron chi connectivity index (χ4n) is 3.36. The van der Waals surface area contributed by atoms with Gasteiger partial charge in [0.1, 0.15) is 12.3 Å². The Morgan fingerprint density at radius 1 is 1.13 bits per heavy atom. The van der Waals surface area contributed by atoms with Crippen molar-refractivity contribution in [3.05, 3.63) is 82.5 Å². The highest BCUT2D eigenvalue weighted by Gasteiger charge is 2.26. The first-order chi connectivity index (χ1) is 14.9. The van der Waals surface area contributed by atoms with Crippen LogP contribution in [0.2, 0.25) is 0 Å². The first kappa shape index (κ1) is 22.9. The van der Waals surface area contributed by atoms with Gasteiger partial charge < -0.3 is 18.8 Å². The van der Waals surface area contributed by atoms with Gasteiger partial charge in [-0.2, -0.15) is 0 Å². The Kier molecular flexibility index (Phi) is 7.74. The Labute approximate surface area is 191 Å². The van der Waals surface area contributed by atoms with Gasteiger partial charge in [0, 0.05) is 35.0 Å². The minimum Gasteiger partial charge on any atom is -0.467 e. The minimum atomic E-state index is -0.152. The highest BCUT2D eigenvalue weighted by Crippen LogP contribution is 2.18. The highest BCUT2D eigenvalue weighted by molar-refractivity contribution is 9.10. The smallest absolute Gasteiger partial charge is 0.254 e. The van der Waals surface area contributed by atoms with E-state index in [0.717, 1.165) is 16.6 Å². The molecule has 1 atom stereocenters. The van der Waals surface area contributed by atoms with Crippen molar-refractivity contribution in [3.63, 3.8) is 0 Å². The number of hydrogen-bond donors (Lipinski definition) is 0. The molecule has 0 radical (unpaired) electrons. The zero-order valence-corrected chi connectivity index (χ0v) is 19.7. The van der Waals surface area contributed by atoms with Crippen molar-refractivity contribution in [2.45, 2.75) is 39.4 Å².